The molecule has 0 saturated carbocycles. The van der Waals surface area contributed by atoms with Gasteiger partial charge in [-0.15, -0.1) is 0 Å². The minimum absolute atomic E-state index is 0.322. The fourth-order valence-electron chi connectivity index (χ4n) is 3.23. The highest BCUT2D eigenvalue weighted by Gasteiger charge is 2.19. The highest BCUT2D eigenvalue weighted by Crippen LogP contribution is 2.34. The number of benzene rings is 1. The van der Waals surface area contributed by atoms with Crippen molar-refractivity contribution in [1.29, 1.82) is 0 Å². The van der Waals surface area contributed by atoms with Crippen LogP contribution >= 0.6 is 0 Å². The van der Waals surface area contributed by atoms with Crippen LogP contribution < -0.4 is 10.1 Å². The van der Waals surface area contributed by atoms with E-state index >= 15 is 0 Å². The zero-order valence-electron chi connectivity index (χ0n) is 15.1. The first kappa shape index (κ1) is 16.5. The van der Waals surface area contributed by atoms with Crippen LogP contribution in [0.3, 0.4) is 0 Å². The van der Waals surface area contributed by atoms with Gasteiger partial charge < -0.3 is 10.1 Å². The summed E-state index contributed by atoms with van der Waals surface area (Å²) in [5.41, 5.74) is 5.41. The van der Waals surface area contributed by atoms with Crippen molar-refractivity contribution < 1.29 is 4.74 Å². The number of para-hydroxylation sites is 1. The number of aryl methyl sites for hydroxylation is 1. The minimum Gasteiger partial charge on any atom is -0.493 e. The van der Waals surface area contributed by atoms with E-state index in [-0.39, 0.29) is 0 Å². The number of pyridine rings is 1. The molecule has 3 heterocycles. The lowest BCUT2D eigenvalue weighted by atomic mass is 9.97. The smallest absolute Gasteiger partial charge is 0.129 e. The second-order valence-electron chi connectivity index (χ2n) is 6.69. The number of aromatic nitrogens is 3. The van der Waals surface area contributed by atoms with E-state index < -0.39 is 0 Å². The van der Waals surface area contributed by atoms with Crippen molar-refractivity contribution >= 4 is 5.82 Å². The molecule has 5 heteroatoms. The molecule has 5 nitrogen and oxygen atoms in total. The number of anilines is 1. The Morgan fingerprint density at radius 1 is 1.15 bits per heavy atom. The van der Waals surface area contributed by atoms with Crippen LogP contribution in [0.25, 0.3) is 11.3 Å². The van der Waals surface area contributed by atoms with Crippen molar-refractivity contribution in [2.45, 2.75) is 26.2 Å². The molecule has 1 atom stereocenters. The van der Waals surface area contributed by atoms with Gasteiger partial charge >= 0.3 is 0 Å². The Bertz CT molecular complexity index is 908. The molecule has 0 radical (unpaired) electrons. The maximum atomic E-state index is 5.83. The highest BCUT2D eigenvalue weighted by atomic mass is 16.5. The first-order valence-corrected chi connectivity index (χ1v) is 8.94. The van der Waals surface area contributed by atoms with E-state index in [1.54, 1.807) is 6.33 Å². The van der Waals surface area contributed by atoms with Gasteiger partial charge in [0.2, 0.25) is 0 Å². The quantitative estimate of drug-likeness (QED) is 0.757. The van der Waals surface area contributed by atoms with E-state index in [1.807, 2.05) is 31.3 Å². The SMILES string of the molecule is Cc1ccc(-c2cc(NCC(C)c3cccc4c3OCC4)ncn2)cn1. The molecule has 1 unspecified atom stereocenters. The molecule has 1 aliphatic heterocycles. The molecular weight excluding hydrogens is 324 g/mol. The summed E-state index contributed by atoms with van der Waals surface area (Å²) < 4.78 is 5.83. The molecule has 0 bridgehead atoms. The van der Waals surface area contributed by atoms with Crippen LogP contribution in [-0.4, -0.2) is 28.1 Å². The number of rotatable bonds is 5. The Labute approximate surface area is 153 Å². The Morgan fingerprint density at radius 2 is 2.08 bits per heavy atom. The van der Waals surface area contributed by atoms with Gasteiger partial charge in [0.15, 0.2) is 0 Å². The van der Waals surface area contributed by atoms with Gasteiger partial charge in [0.05, 0.1) is 12.3 Å². The summed E-state index contributed by atoms with van der Waals surface area (Å²) in [6, 6.07) is 12.4. The normalized spacial score (nSPS) is 13.8. The molecule has 2 aromatic heterocycles. The van der Waals surface area contributed by atoms with E-state index in [1.165, 1.54) is 11.1 Å². The van der Waals surface area contributed by atoms with Crippen LogP contribution in [0, 0.1) is 6.92 Å². The lowest BCUT2D eigenvalue weighted by Crippen LogP contribution is -2.12. The Morgan fingerprint density at radius 3 is 2.92 bits per heavy atom. The van der Waals surface area contributed by atoms with E-state index in [2.05, 4.69) is 45.4 Å². The maximum absolute atomic E-state index is 5.83. The molecule has 26 heavy (non-hydrogen) atoms. The zero-order valence-corrected chi connectivity index (χ0v) is 15.1. The molecule has 132 valence electrons. The summed E-state index contributed by atoms with van der Waals surface area (Å²) in [5.74, 6) is 2.20. The first-order chi connectivity index (χ1) is 12.7. The van der Waals surface area contributed by atoms with Crippen LogP contribution in [0.15, 0.2) is 48.9 Å². The molecular formula is C21H22N4O. The number of nitrogens with zero attached hydrogens (tertiary/aromatic N) is 3. The third-order valence-electron chi connectivity index (χ3n) is 4.74. The molecule has 3 aromatic rings. The second-order valence-corrected chi connectivity index (χ2v) is 6.69. The van der Waals surface area contributed by atoms with Crippen molar-refractivity contribution in [2.75, 3.05) is 18.5 Å². The predicted octanol–water partition coefficient (Wildman–Crippen LogP) is 4.00. The molecule has 0 amide bonds. The number of fused-ring (bicyclic) bond motifs is 1. The minimum atomic E-state index is 0.322. The lowest BCUT2D eigenvalue weighted by molar-refractivity contribution is 0.352. The largest absolute Gasteiger partial charge is 0.493 e. The number of nitrogens with one attached hydrogen (secondary N) is 1. The van der Waals surface area contributed by atoms with E-state index in [0.717, 1.165) is 48.1 Å². The van der Waals surface area contributed by atoms with Gasteiger partial charge in [0.1, 0.15) is 17.9 Å². The number of ether oxygens (including phenoxy) is 1. The topological polar surface area (TPSA) is 59.9 Å². The molecule has 0 aliphatic carbocycles. The van der Waals surface area contributed by atoms with Gasteiger partial charge in [0.25, 0.3) is 0 Å². The highest BCUT2D eigenvalue weighted by molar-refractivity contribution is 5.61. The van der Waals surface area contributed by atoms with E-state index in [0.29, 0.717) is 5.92 Å². The second kappa shape index (κ2) is 7.12. The molecule has 1 aliphatic rings. The van der Waals surface area contributed by atoms with Gasteiger partial charge in [-0.2, -0.15) is 0 Å². The predicted molar refractivity (Wildman–Crippen MR) is 103 cm³/mol. The third kappa shape index (κ3) is 3.38. The fourth-order valence-corrected chi connectivity index (χ4v) is 3.23. The van der Waals surface area contributed by atoms with Gasteiger partial charge in [-0.3, -0.25) is 4.98 Å². The standard InChI is InChI=1S/C21H22N4O/c1-14(18-5-3-4-16-8-9-26-21(16)18)11-23-20-10-19(24-13-25-20)17-7-6-15(2)22-12-17/h3-7,10,12-14H,8-9,11H2,1-2H3,(H,23,24,25). The first-order valence-electron chi connectivity index (χ1n) is 8.94. The zero-order chi connectivity index (χ0) is 17.9. The van der Waals surface area contributed by atoms with Crippen molar-refractivity contribution in [1.82, 2.24) is 15.0 Å². The lowest BCUT2D eigenvalue weighted by Gasteiger charge is -2.16. The summed E-state index contributed by atoms with van der Waals surface area (Å²) in [5, 5.41) is 3.43. The van der Waals surface area contributed by atoms with Gasteiger partial charge in [-0.25, -0.2) is 9.97 Å². The molecule has 1 N–H and O–H groups in total. The van der Waals surface area contributed by atoms with E-state index in [9.17, 15) is 0 Å². The Kier molecular flexibility index (Phi) is 4.52. The number of hydrogen-bond donors (Lipinski definition) is 1. The molecule has 4 rings (SSSR count). The molecule has 0 fully saturated rings. The van der Waals surface area contributed by atoms with Gasteiger partial charge in [0, 0.05) is 42.4 Å². The van der Waals surface area contributed by atoms with Crippen molar-refractivity contribution in [3.05, 3.63) is 65.7 Å². The van der Waals surface area contributed by atoms with Crippen LogP contribution in [0.5, 0.6) is 5.75 Å². The van der Waals surface area contributed by atoms with Gasteiger partial charge in [-0.05, 0) is 30.2 Å². The third-order valence-corrected chi connectivity index (χ3v) is 4.74. The summed E-state index contributed by atoms with van der Waals surface area (Å²) in [7, 11) is 0. The van der Waals surface area contributed by atoms with Crippen LogP contribution in [-0.2, 0) is 6.42 Å². The Hall–Kier alpha value is -2.95. The molecule has 0 saturated heterocycles. The van der Waals surface area contributed by atoms with Gasteiger partial charge in [-0.1, -0.05) is 25.1 Å². The molecule has 0 spiro atoms. The van der Waals surface area contributed by atoms with Crippen LogP contribution in [0.1, 0.15) is 29.7 Å². The Balaban J connectivity index is 1.47. The molecule has 1 aromatic carbocycles. The summed E-state index contributed by atoms with van der Waals surface area (Å²) in [4.78, 5) is 13.0. The monoisotopic (exact) mass is 346 g/mol. The summed E-state index contributed by atoms with van der Waals surface area (Å²) >= 11 is 0. The number of hydrogen-bond acceptors (Lipinski definition) is 5. The van der Waals surface area contributed by atoms with Crippen LogP contribution in [0.2, 0.25) is 0 Å². The van der Waals surface area contributed by atoms with Crippen molar-refractivity contribution in [2.24, 2.45) is 0 Å². The fraction of sp³-hybridized carbons (Fsp3) is 0.286. The van der Waals surface area contributed by atoms with Crippen molar-refractivity contribution in [3.63, 3.8) is 0 Å². The average Bonchev–Trinajstić information content (AvgIpc) is 3.16. The summed E-state index contributed by atoms with van der Waals surface area (Å²) in [6.45, 7) is 5.74. The van der Waals surface area contributed by atoms with E-state index in [4.69, 9.17) is 4.74 Å². The maximum Gasteiger partial charge on any atom is 0.129 e. The average molecular weight is 346 g/mol. The summed E-state index contributed by atoms with van der Waals surface area (Å²) in [6.07, 6.45) is 4.43. The van der Waals surface area contributed by atoms with Crippen molar-refractivity contribution in [3.8, 4) is 17.0 Å². The van der Waals surface area contributed by atoms with Crippen LogP contribution in [0.4, 0.5) is 5.82 Å².